The van der Waals surface area contributed by atoms with E-state index >= 15 is 0 Å². The van der Waals surface area contributed by atoms with Gasteiger partial charge in [-0.1, -0.05) is 37.3 Å². The maximum atomic E-state index is 13.1. The van der Waals surface area contributed by atoms with Gasteiger partial charge in [0.15, 0.2) is 6.10 Å². The lowest BCUT2D eigenvalue weighted by Gasteiger charge is -2.25. The minimum absolute atomic E-state index is 0.0725. The number of ether oxygens (including phenoxy) is 1. The average Bonchev–Trinajstić information content (AvgIpc) is 2.92. The quantitative estimate of drug-likeness (QED) is 0.796. The second-order valence-electron chi connectivity index (χ2n) is 6.09. The van der Waals surface area contributed by atoms with Crippen LogP contribution in [0.2, 0.25) is 0 Å². The maximum absolute atomic E-state index is 13.1. The molecule has 2 heterocycles. The Morgan fingerprint density at radius 1 is 1.17 bits per heavy atom. The van der Waals surface area contributed by atoms with E-state index in [1.54, 1.807) is 0 Å². The first-order chi connectivity index (χ1) is 11.2. The number of carbonyl (C=O) groups excluding carboxylic acids is 1. The molecule has 0 saturated carbocycles. The van der Waals surface area contributed by atoms with Gasteiger partial charge < -0.3 is 9.64 Å². The van der Waals surface area contributed by atoms with Crippen molar-refractivity contribution in [2.75, 3.05) is 11.4 Å². The van der Waals surface area contributed by atoms with Crippen molar-refractivity contribution >= 4 is 23.4 Å². The number of hydrogen-bond donors (Lipinski definition) is 0. The van der Waals surface area contributed by atoms with E-state index in [-0.39, 0.29) is 5.91 Å². The van der Waals surface area contributed by atoms with Crippen molar-refractivity contribution in [1.29, 1.82) is 0 Å². The Labute approximate surface area is 140 Å². The zero-order valence-electron chi connectivity index (χ0n) is 13.1. The van der Waals surface area contributed by atoms with Gasteiger partial charge in [-0.25, -0.2) is 0 Å². The van der Waals surface area contributed by atoms with E-state index in [0.717, 1.165) is 30.0 Å². The van der Waals surface area contributed by atoms with Crippen molar-refractivity contribution in [3.8, 4) is 5.75 Å². The molecule has 118 valence electrons. The number of benzene rings is 2. The fourth-order valence-electron chi connectivity index (χ4n) is 3.21. The summed E-state index contributed by atoms with van der Waals surface area (Å²) in [5.74, 6) is 0.917. The second-order valence-corrected chi connectivity index (χ2v) is 7.57. The molecule has 0 unspecified atom stereocenters. The molecular weight excluding hydrogens is 306 g/mol. The average molecular weight is 325 g/mol. The molecule has 0 aliphatic carbocycles. The zero-order valence-corrected chi connectivity index (χ0v) is 13.9. The molecule has 0 radical (unpaired) electrons. The van der Waals surface area contributed by atoms with E-state index in [2.05, 4.69) is 13.0 Å². The number of thioether (sulfide) groups is 1. The van der Waals surface area contributed by atoms with E-state index in [9.17, 15) is 4.79 Å². The van der Waals surface area contributed by atoms with Gasteiger partial charge >= 0.3 is 0 Å². The third-order valence-corrected chi connectivity index (χ3v) is 5.67. The standard InChI is InChI=1S/C19H19NO2S/c1-13-10-11-20(15-7-3-5-9-18(15)23-13)19(21)17-12-14-6-2-4-8-16(14)22-17/h2-9,13,17H,10-12H2,1H3/t13-,17+/m1/s1. The molecular formula is C19H19NO2S. The predicted octanol–water partition coefficient (Wildman–Crippen LogP) is 3.91. The second kappa shape index (κ2) is 5.93. The molecule has 4 rings (SSSR count). The third kappa shape index (κ3) is 2.72. The number of hydrogen-bond acceptors (Lipinski definition) is 3. The van der Waals surface area contributed by atoms with Gasteiger partial charge in [-0.3, -0.25) is 4.79 Å². The van der Waals surface area contributed by atoms with Gasteiger partial charge in [0, 0.05) is 23.1 Å². The van der Waals surface area contributed by atoms with E-state index in [1.807, 2.05) is 59.1 Å². The van der Waals surface area contributed by atoms with Gasteiger partial charge in [0.2, 0.25) is 0 Å². The van der Waals surface area contributed by atoms with Crippen molar-refractivity contribution in [3.63, 3.8) is 0 Å². The Hall–Kier alpha value is -1.94. The molecule has 1 amide bonds. The summed E-state index contributed by atoms with van der Waals surface area (Å²) in [6.45, 7) is 2.97. The van der Waals surface area contributed by atoms with Crippen LogP contribution in [-0.4, -0.2) is 23.8 Å². The van der Waals surface area contributed by atoms with Gasteiger partial charge in [-0.2, -0.15) is 0 Å². The molecule has 0 N–H and O–H groups in total. The molecule has 2 aliphatic heterocycles. The lowest BCUT2D eigenvalue weighted by molar-refractivity contribution is -0.124. The summed E-state index contributed by atoms with van der Waals surface area (Å²) >= 11 is 1.85. The van der Waals surface area contributed by atoms with Crippen LogP contribution < -0.4 is 9.64 Å². The normalized spacial score (nSPS) is 22.7. The Morgan fingerprint density at radius 2 is 1.96 bits per heavy atom. The fraction of sp³-hybridized carbons (Fsp3) is 0.316. The molecule has 2 aromatic rings. The molecule has 2 atom stereocenters. The fourth-order valence-corrected chi connectivity index (χ4v) is 4.32. The first kappa shape index (κ1) is 14.6. The molecule has 4 heteroatoms. The molecule has 0 fully saturated rings. The summed E-state index contributed by atoms with van der Waals surface area (Å²) < 4.78 is 5.91. The molecule has 2 aliphatic rings. The van der Waals surface area contributed by atoms with Crippen LogP contribution in [0.25, 0.3) is 0 Å². The Balaban J connectivity index is 1.62. The summed E-state index contributed by atoms with van der Waals surface area (Å²) in [4.78, 5) is 16.2. The zero-order chi connectivity index (χ0) is 15.8. The number of fused-ring (bicyclic) bond motifs is 2. The first-order valence-corrected chi connectivity index (χ1v) is 8.92. The van der Waals surface area contributed by atoms with Crippen LogP contribution in [0.15, 0.2) is 53.4 Å². The van der Waals surface area contributed by atoms with E-state index < -0.39 is 6.10 Å². The van der Waals surface area contributed by atoms with Crippen LogP contribution in [0.1, 0.15) is 18.9 Å². The number of rotatable bonds is 1. The Morgan fingerprint density at radius 3 is 2.83 bits per heavy atom. The number of nitrogens with zero attached hydrogens (tertiary/aromatic N) is 1. The van der Waals surface area contributed by atoms with Crippen LogP contribution >= 0.6 is 11.8 Å². The van der Waals surface area contributed by atoms with Crippen molar-refractivity contribution in [3.05, 3.63) is 54.1 Å². The Kier molecular flexibility index (Phi) is 3.77. The largest absolute Gasteiger partial charge is 0.480 e. The summed E-state index contributed by atoms with van der Waals surface area (Å²) in [6.07, 6.45) is 1.25. The summed E-state index contributed by atoms with van der Waals surface area (Å²) in [6, 6.07) is 16.1. The SMILES string of the molecule is C[C@@H]1CCN(C(=O)[C@@H]2Cc3ccccc3O2)c2ccccc2S1. The van der Waals surface area contributed by atoms with E-state index in [4.69, 9.17) is 4.74 Å². The van der Waals surface area contributed by atoms with E-state index in [1.165, 1.54) is 4.90 Å². The van der Waals surface area contributed by atoms with Crippen LogP contribution in [0.5, 0.6) is 5.75 Å². The lowest BCUT2D eigenvalue weighted by Crippen LogP contribution is -2.42. The molecule has 23 heavy (non-hydrogen) atoms. The predicted molar refractivity (Wildman–Crippen MR) is 93.3 cm³/mol. The molecule has 2 aromatic carbocycles. The Bertz CT molecular complexity index is 721. The van der Waals surface area contributed by atoms with Crippen molar-refractivity contribution < 1.29 is 9.53 Å². The molecule has 0 spiro atoms. The molecule has 0 bridgehead atoms. The third-order valence-electron chi connectivity index (χ3n) is 4.43. The van der Waals surface area contributed by atoms with Crippen molar-refractivity contribution in [2.45, 2.75) is 36.0 Å². The monoisotopic (exact) mass is 325 g/mol. The highest BCUT2D eigenvalue weighted by molar-refractivity contribution is 8.00. The summed E-state index contributed by atoms with van der Waals surface area (Å²) in [5, 5.41) is 0.510. The van der Waals surface area contributed by atoms with Crippen LogP contribution in [-0.2, 0) is 11.2 Å². The number of anilines is 1. The van der Waals surface area contributed by atoms with Gasteiger partial charge in [-0.15, -0.1) is 11.8 Å². The number of para-hydroxylation sites is 2. The highest BCUT2D eigenvalue weighted by Crippen LogP contribution is 2.38. The van der Waals surface area contributed by atoms with Gasteiger partial charge in [-0.05, 0) is 30.2 Å². The highest BCUT2D eigenvalue weighted by Gasteiger charge is 2.34. The first-order valence-electron chi connectivity index (χ1n) is 8.04. The van der Waals surface area contributed by atoms with Gasteiger partial charge in [0.05, 0.1) is 5.69 Å². The van der Waals surface area contributed by atoms with Crippen molar-refractivity contribution in [1.82, 2.24) is 0 Å². The maximum Gasteiger partial charge on any atom is 0.268 e. The van der Waals surface area contributed by atoms with Crippen LogP contribution in [0, 0.1) is 0 Å². The lowest BCUT2D eigenvalue weighted by atomic mass is 10.1. The molecule has 3 nitrogen and oxygen atoms in total. The van der Waals surface area contributed by atoms with Crippen LogP contribution in [0.3, 0.4) is 0 Å². The minimum atomic E-state index is -0.404. The smallest absolute Gasteiger partial charge is 0.268 e. The molecule has 0 aromatic heterocycles. The number of carbonyl (C=O) groups is 1. The number of amides is 1. The topological polar surface area (TPSA) is 29.5 Å². The van der Waals surface area contributed by atoms with Gasteiger partial charge in [0.1, 0.15) is 5.75 Å². The summed E-state index contributed by atoms with van der Waals surface area (Å²) in [5.41, 5.74) is 2.14. The van der Waals surface area contributed by atoms with Crippen molar-refractivity contribution in [2.24, 2.45) is 0 Å². The van der Waals surface area contributed by atoms with E-state index in [0.29, 0.717) is 11.7 Å². The minimum Gasteiger partial charge on any atom is -0.480 e. The molecule has 0 saturated heterocycles. The van der Waals surface area contributed by atoms with Gasteiger partial charge in [0.25, 0.3) is 5.91 Å². The highest BCUT2D eigenvalue weighted by atomic mass is 32.2. The van der Waals surface area contributed by atoms with Crippen LogP contribution in [0.4, 0.5) is 5.69 Å². The summed E-state index contributed by atoms with van der Waals surface area (Å²) in [7, 11) is 0.